The van der Waals surface area contributed by atoms with Gasteiger partial charge in [-0.05, 0) is 31.0 Å². The Morgan fingerprint density at radius 2 is 1.86 bits per heavy atom. The first-order valence-electron chi connectivity index (χ1n) is 9.01. The number of carbonyl (C=O) groups excluding carboxylic acids is 2. The lowest BCUT2D eigenvalue weighted by Gasteiger charge is -2.23. The van der Waals surface area contributed by atoms with Crippen LogP contribution in [0.2, 0.25) is 5.02 Å². The lowest BCUT2D eigenvalue weighted by molar-refractivity contribution is -0.119. The minimum atomic E-state index is -0.486. The van der Waals surface area contributed by atoms with Gasteiger partial charge < -0.3 is 10.2 Å². The van der Waals surface area contributed by atoms with Gasteiger partial charge in [0.05, 0.1) is 5.69 Å². The summed E-state index contributed by atoms with van der Waals surface area (Å²) in [6.07, 6.45) is 1.45. The third kappa shape index (κ3) is 3.79. The van der Waals surface area contributed by atoms with Gasteiger partial charge in [0.25, 0.3) is 5.91 Å². The number of aromatic nitrogens is 1. The van der Waals surface area contributed by atoms with Crippen LogP contribution >= 0.6 is 22.9 Å². The molecule has 5 nitrogen and oxygen atoms in total. The average Bonchev–Trinajstić information content (AvgIpc) is 3.38. The number of carbonyl (C=O) groups is 2. The SMILES string of the molecule is O=C(Nc1nc(-c2ccccc2Cl)cs1)[C@H]1CCCN1C(=O)c1ccccc1. The molecule has 142 valence electrons. The zero-order valence-electron chi connectivity index (χ0n) is 15.0. The highest BCUT2D eigenvalue weighted by Gasteiger charge is 2.34. The van der Waals surface area contributed by atoms with E-state index in [-0.39, 0.29) is 11.8 Å². The van der Waals surface area contributed by atoms with Crippen molar-refractivity contribution < 1.29 is 9.59 Å². The number of hydrogen-bond donors (Lipinski definition) is 1. The summed E-state index contributed by atoms with van der Waals surface area (Å²) < 4.78 is 0. The molecule has 1 atom stereocenters. The number of benzene rings is 2. The average molecular weight is 412 g/mol. The van der Waals surface area contributed by atoms with E-state index in [1.54, 1.807) is 23.1 Å². The number of thiazole rings is 1. The fourth-order valence-corrected chi connectivity index (χ4v) is 4.29. The topological polar surface area (TPSA) is 62.3 Å². The highest BCUT2D eigenvalue weighted by Crippen LogP contribution is 2.30. The maximum atomic E-state index is 12.8. The third-order valence-corrected chi connectivity index (χ3v) is 5.81. The Morgan fingerprint density at radius 3 is 2.64 bits per heavy atom. The van der Waals surface area contributed by atoms with Crippen LogP contribution in [-0.4, -0.2) is 34.3 Å². The monoisotopic (exact) mass is 411 g/mol. The minimum Gasteiger partial charge on any atom is -0.327 e. The van der Waals surface area contributed by atoms with Crippen molar-refractivity contribution in [3.8, 4) is 11.3 Å². The van der Waals surface area contributed by atoms with Gasteiger partial charge in [0.1, 0.15) is 6.04 Å². The maximum absolute atomic E-state index is 12.8. The van der Waals surface area contributed by atoms with Gasteiger partial charge in [0.15, 0.2) is 5.13 Å². The molecule has 0 radical (unpaired) electrons. The molecule has 1 N–H and O–H groups in total. The summed E-state index contributed by atoms with van der Waals surface area (Å²) in [5.41, 5.74) is 2.13. The van der Waals surface area contributed by atoms with Gasteiger partial charge in [-0.3, -0.25) is 9.59 Å². The summed E-state index contributed by atoms with van der Waals surface area (Å²) in [7, 11) is 0. The normalized spacial score (nSPS) is 16.2. The molecule has 4 rings (SSSR count). The Bertz CT molecular complexity index is 1010. The van der Waals surface area contributed by atoms with Gasteiger partial charge in [-0.15, -0.1) is 11.3 Å². The van der Waals surface area contributed by atoms with Crippen LogP contribution in [0.5, 0.6) is 0 Å². The lowest BCUT2D eigenvalue weighted by atomic mass is 10.1. The van der Waals surface area contributed by atoms with Gasteiger partial charge in [-0.1, -0.05) is 48.0 Å². The fourth-order valence-electron chi connectivity index (χ4n) is 3.34. The molecule has 0 bridgehead atoms. The molecule has 1 aliphatic rings. The van der Waals surface area contributed by atoms with E-state index < -0.39 is 6.04 Å². The second-order valence-electron chi connectivity index (χ2n) is 6.53. The molecule has 3 aromatic rings. The van der Waals surface area contributed by atoms with Crippen molar-refractivity contribution in [3.05, 3.63) is 70.6 Å². The number of nitrogens with zero attached hydrogens (tertiary/aromatic N) is 2. The van der Waals surface area contributed by atoms with Crippen LogP contribution in [0, 0.1) is 0 Å². The van der Waals surface area contributed by atoms with Crippen molar-refractivity contribution in [2.75, 3.05) is 11.9 Å². The van der Waals surface area contributed by atoms with E-state index in [1.807, 2.05) is 41.8 Å². The Kier molecular flexibility index (Phi) is 5.41. The van der Waals surface area contributed by atoms with Gasteiger partial charge in [-0.25, -0.2) is 4.98 Å². The summed E-state index contributed by atoms with van der Waals surface area (Å²) in [6, 6.07) is 16.0. The molecular weight excluding hydrogens is 394 g/mol. The predicted octanol–water partition coefficient (Wildman–Crippen LogP) is 4.71. The van der Waals surface area contributed by atoms with Crippen LogP contribution < -0.4 is 5.32 Å². The molecule has 7 heteroatoms. The first kappa shape index (κ1) is 18.7. The fraction of sp³-hybridized carbons (Fsp3) is 0.190. The maximum Gasteiger partial charge on any atom is 0.254 e. The molecule has 0 unspecified atom stereocenters. The summed E-state index contributed by atoms with van der Waals surface area (Å²) >= 11 is 7.56. The quantitative estimate of drug-likeness (QED) is 0.676. The third-order valence-electron chi connectivity index (χ3n) is 4.72. The summed E-state index contributed by atoms with van der Waals surface area (Å²) in [5.74, 6) is -0.323. The molecule has 2 heterocycles. The molecule has 1 fully saturated rings. The molecular formula is C21H18ClN3O2S. The molecule has 0 spiro atoms. The number of nitrogens with one attached hydrogen (secondary N) is 1. The smallest absolute Gasteiger partial charge is 0.254 e. The van der Waals surface area contributed by atoms with Crippen LogP contribution in [0.4, 0.5) is 5.13 Å². The van der Waals surface area contributed by atoms with Crippen molar-refractivity contribution in [2.45, 2.75) is 18.9 Å². The molecule has 1 aromatic heterocycles. The number of anilines is 1. The van der Waals surface area contributed by atoms with Gasteiger partial charge in [-0.2, -0.15) is 0 Å². The van der Waals surface area contributed by atoms with E-state index >= 15 is 0 Å². The number of amides is 2. The molecule has 0 saturated carbocycles. The highest BCUT2D eigenvalue weighted by molar-refractivity contribution is 7.14. The zero-order valence-corrected chi connectivity index (χ0v) is 16.5. The standard InChI is InChI=1S/C21H18ClN3O2S/c22-16-10-5-4-9-15(16)17-13-28-21(23-17)24-19(26)18-11-6-12-25(18)20(27)14-7-2-1-3-8-14/h1-5,7-10,13,18H,6,11-12H2,(H,23,24,26)/t18-/m1/s1. The molecule has 0 aliphatic carbocycles. The van der Waals surface area contributed by atoms with Crippen LogP contribution in [0.3, 0.4) is 0 Å². The highest BCUT2D eigenvalue weighted by atomic mass is 35.5. The molecule has 28 heavy (non-hydrogen) atoms. The molecule has 2 amide bonds. The van der Waals surface area contributed by atoms with E-state index in [2.05, 4.69) is 10.3 Å². The van der Waals surface area contributed by atoms with Crippen LogP contribution in [-0.2, 0) is 4.79 Å². The van der Waals surface area contributed by atoms with Crippen molar-refractivity contribution in [2.24, 2.45) is 0 Å². The molecule has 2 aromatic carbocycles. The summed E-state index contributed by atoms with van der Waals surface area (Å²) in [4.78, 5) is 31.7. The number of rotatable bonds is 4. The molecule has 1 saturated heterocycles. The molecule has 1 aliphatic heterocycles. The van der Waals surface area contributed by atoms with Gasteiger partial charge in [0.2, 0.25) is 5.91 Å². The Morgan fingerprint density at radius 1 is 1.11 bits per heavy atom. The largest absolute Gasteiger partial charge is 0.327 e. The van der Waals surface area contributed by atoms with Gasteiger partial charge in [0, 0.05) is 28.1 Å². The van der Waals surface area contributed by atoms with Crippen LogP contribution in [0.15, 0.2) is 60.0 Å². The summed E-state index contributed by atoms with van der Waals surface area (Å²) in [6.45, 7) is 0.578. The van der Waals surface area contributed by atoms with Crippen LogP contribution in [0.25, 0.3) is 11.3 Å². The van der Waals surface area contributed by atoms with E-state index in [0.717, 1.165) is 17.7 Å². The number of hydrogen-bond acceptors (Lipinski definition) is 4. The second-order valence-corrected chi connectivity index (χ2v) is 7.79. The van der Waals surface area contributed by atoms with Crippen molar-refractivity contribution in [3.63, 3.8) is 0 Å². The van der Waals surface area contributed by atoms with E-state index in [9.17, 15) is 9.59 Å². The van der Waals surface area contributed by atoms with Crippen LogP contribution in [0.1, 0.15) is 23.2 Å². The van der Waals surface area contributed by atoms with Crippen molar-refractivity contribution in [1.29, 1.82) is 0 Å². The Hall–Kier alpha value is -2.70. The van der Waals surface area contributed by atoms with E-state index in [1.165, 1.54) is 11.3 Å². The second kappa shape index (κ2) is 8.12. The Labute approximate surface area is 172 Å². The number of halogens is 1. The van der Waals surface area contributed by atoms with E-state index in [0.29, 0.717) is 28.7 Å². The van der Waals surface area contributed by atoms with E-state index in [4.69, 9.17) is 11.6 Å². The predicted molar refractivity (Wildman–Crippen MR) is 112 cm³/mol. The lowest BCUT2D eigenvalue weighted by Crippen LogP contribution is -2.43. The first-order valence-corrected chi connectivity index (χ1v) is 10.3. The van der Waals surface area contributed by atoms with Gasteiger partial charge >= 0.3 is 0 Å². The van der Waals surface area contributed by atoms with Crippen molar-refractivity contribution >= 4 is 39.9 Å². The summed E-state index contributed by atoms with van der Waals surface area (Å²) in [5, 5.41) is 5.83. The Balaban J connectivity index is 1.48. The minimum absolute atomic E-state index is 0.117. The zero-order chi connectivity index (χ0) is 19.5. The first-order chi connectivity index (χ1) is 13.6. The number of likely N-dealkylation sites (tertiary alicyclic amines) is 1. The van der Waals surface area contributed by atoms with Crippen molar-refractivity contribution in [1.82, 2.24) is 9.88 Å².